The van der Waals surface area contributed by atoms with E-state index < -0.39 is 23.9 Å². The van der Waals surface area contributed by atoms with Gasteiger partial charge in [-0.25, -0.2) is 0 Å². The molecule has 0 unspecified atom stereocenters. The summed E-state index contributed by atoms with van der Waals surface area (Å²) in [5.41, 5.74) is -5.33. The van der Waals surface area contributed by atoms with Crippen molar-refractivity contribution in [3.63, 3.8) is 0 Å². The lowest BCUT2D eigenvalue weighted by atomic mass is 10.1. The molecule has 0 aliphatic heterocycles. The minimum absolute atomic E-state index is 0.431. The molecule has 0 aliphatic carbocycles. The van der Waals surface area contributed by atoms with Crippen LogP contribution in [0.15, 0.2) is 0 Å². The van der Waals surface area contributed by atoms with Crippen molar-refractivity contribution in [3.05, 3.63) is 0 Å². The van der Waals surface area contributed by atoms with E-state index in [1.807, 2.05) is 0 Å². The Kier molecular flexibility index (Phi) is 13.1. The Morgan fingerprint density at radius 1 is 0.731 bits per heavy atom. The Balaban J connectivity index is 3.63. The molecule has 0 amide bonds. The highest BCUT2D eigenvalue weighted by molar-refractivity contribution is 7.88. The molecular formula is C18H37F3O3SSi. The zero-order valence-electron chi connectivity index (χ0n) is 16.7. The molecule has 0 atom stereocenters. The van der Waals surface area contributed by atoms with Crippen LogP contribution in [0.3, 0.4) is 0 Å². The average molecular weight is 419 g/mol. The standard InChI is InChI=1S/C18H37F3O3SSi/c1-4-5-6-7-8-9-10-11-12-13-14-15-16-17-26(2,3)24-25(22,23)18(19,20)21/h4-17H2,1-3H3. The van der Waals surface area contributed by atoms with E-state index in [4.69, 9.17) is 0 Å². The molecule has 0 aromatic heterocycles. The van der Waals surface area contributed by atoms with E-state index in [-0.39, 0.29) is 0 Å². The van der Waals surface area contributed by atoms with Gasteiger partial charge in [0.05, 0.1) is 0 Å². The first-order chi connectivity index (χ1) is 12.0. The van der Waals surface area contributed by atoms with Crippen molar-refractivity contribution >= 4 is 18.4 Å². The van der Waals surface area contributed by atoms with Crippen molar-refractivity contribution in [2.75, 3.05) is 0 Å². The molecule has 0 N–H and O–H groups in total. The lowest BCUT2D eigenvalue weighted by Crippen LogP contribution is -2.38. The van der Waals surface area contributed by atoms with Crippen molar-refractivity contribution in [3.8, 4) is 0 Å². The van der Waals surface area contributed by atoms with E-state index in [0.29, 0.717) is 6.04 Å². The highest BCUT2D eigenvalue weighted by atomic mass is 32.2. The molecule has 0 fully saturated rings. The maximum Gasteiger partial charge on any atom is 0.522 e. The molecule has 8 heteroatoms. The second-order valence-corrected chi connectivity index (χ2v) is 13.8. The third-order valence-corrected chi connectivity index (χ3v) is 9.31. The van der Waals surface area contributed by atoms with Crippen LogP contribution in [0.2, 0.25) is 19.1 Å². The van der Waals surface area contributed by atoms with Crippen molar-refractivity contribution in [2.24, 2.45) is 0 Å². The molecule has 158 valence electrons. The van der Waals surface area contributed by atoms with Crippen LogP contribution < -0.4 is 0 Å². The van der Waals surface area contributed by atoms with Crippen LogP contribution in [0.4, 0.5) is 13.2 Å². The number of hydrogen-bond donors (Lipinski definition) is 0. The molecule has 0 spiro atoms. The predicted octanol–water partition coefficient (Wildman–Crippen LogP) is 7.15. The molecule has 0 rings (SSSR count). The van der Waals surface area contributed by atoms with Gasteiger partial charge in [-0.2, -0.15) is 21.6 Å². The SMILES string of the molecule is CCCCCCCCCCCCCCC[Si](C)(C)OS(=O)(=O)C(F)(F)F. The van der Waals surface area contributed by atoms with Gasteiger partial charge in [0.2, 0.25) is 8.32 Å². The largest absolute Gasteiger partial charge is 0.522 e. The second kappa shape index (κ2) is 13.2. The van der Waals surface area contributed by atoms with Crippen LogP contribution in [-0.4, -0.2) is 22.2 Å². The molecule has 0 aromatic rings. The van der Waals surface area contributed by atoms with Gasteiger partial charge < -0.3 is 3.87 Å². The van der Waals surface area contributed by atoms with Gasteiger partial charge in [-0.05, 0) is 19.1 Å². The quantitative estimate of drug-likeness (QED) is 0.152. The zero-order chi connectivity index (χ0) is 20.1. The van der Waals surface area contributed by atoms with E-state index in [2.05, 4.69) is 10.8 Å². The minimum atomic E-state index is -5.46. The van der Waals surface area contributed by atoms with E-state index in [1.54, 1.807) is 0 Å². The van der Waals surface area contributed by atoms with E-state index >= 15 is 0 Å². The molecule has 3 nitrogen and oxygen atoms in total. The third kappa shape index (κ3) is 13.1. The van der Waals surface area contributed by atoms with Gasteiger partial charge in [0.15, 0.2) is 0 Å². The normalized spacial score (nSPS) is 13.3. The van der Waals surface area contributed by atoms with E-state index in [1.165, 1.54) is 70.9 Å². The molecule has 0 bridgehead atoms. The van der Waals surface area contributed by atoms with Crippen LogP contribution in [-0.2, 0) is 14.0 Å². The zero-order valence-corrected chi connectivity index (χ0v) is 18.5. The number of hydrogen-bond acceptors (Lipinski definition) is 3. The molecule has 0 saturated carbocycles. The van der Waals surface area contributed by atoms with Gasteiger partial charge in [-0.3, -0.25) is 0 Å². The first-order valence-corrected chi connectivity index (χ1v) is 14.6. The predicted molar refractivity (Wildman–Crippen MR) is 104 cm³/mol. The van der Waals surface area contributed by atoms with Gasteiger partial charge >= 0.3 is 15.6 Å². The summed E-state index contributed by atoms with van der Waals surface area (Å²) >= 11 is 0. The van der Waals surface area contributed by atoms with Crippen LogP contribution >= 0.6 is 0 Å². The maximum absolute atomic E-state index is 12.4. The van der Waals surface area contributed by atoms with Crippen molar-refractivity contribution in [1.82, 2.24) is 0 Å². The fourth-order valence-corrected chi connectivity index (χ4v) is 7.14. The Labute approximate surface area is 159 Å². The number of halogens is 3. The van der Waals surface area contributed by atoms with Crippen LogP contribution in [0.1, 0.15) is 90.4 Å². The van der Waals surface area contributed by atoms with Gasteiger partial charge in [0.1, 0.15) is 0 Å². The van der Waals surface area contributed by atoms with E-state index in [0.717, 1.165) is 25.7 Å². The fourth-order valence-electron chi connectivity index (χ4n) is 2.95. The minimum Gasteiger partial charge on any atom is -0.308 e. The third-order valence-electron chi connectivity index (χ3n) is 4.50. The molecule has 26 heavy (non-hydrogen) atoms. The molecular weight excluding hydrogens is 381 g/mol. The van der Waals surface area contributed by atoms with Gasteiger partial charge in [0.25, 0.3) is 0 Å². The maximum atomic E-state index is 12.4. The summed E-state index contributed by atoms with van der Waals surface area (Å²) in [7, 11) is -8.32. The summed E-state index contributed by atoms with van der Waals surface area (Å²) < 4.78 is 63.8. The van der Waals surface area contributed by atoms with Crippen molar-refractivity contribution < 1.29 is 25.5 Å². The monoisotopic (exact) mass is 418 g/mol. The average Bonchev–Trinajstić information content (AvgIpc) is 2.49. The first-order valence-electron chi connectivity index (χ1n) is 10.0. The number of alkyl halides is 3. The summed E-state index contributed by atoms with van der Waals surface area (Å²) in [6.45, 7) is 5.27. The van der Waals surface area contributed by atoms with E-state index in [9.17, 15) is 21.6 Å². The highest BCUT2D eigenvalue weighted by Gasteiger charge is 2.50. The number of rotatable bonds is 16. The van der Waals surface area contributed by atoms with Crippen LogP contribution in [0, 0.1) is 0 Å². The second-order valence-electron chi connectivity index (χ2n) is 7.74. The summed E-state index contributed by atoms with van der Waals surface area (Å²) in [5, 5.41) is 0. The van der Waals surface area contributed by atoms with Crippen molar-refractivity contribution in [1.29, 1.82) is 0 Å². The Hall–Kier alpha value is -0.0831. The smallest absolute Gasteiger partial charge is 0.308 e. The molecule has 0 aromatic carbocycles. The molecule has 0 heterocycles. The lowest BCUT2D eigenvalue weighted by molar-refractivity contribution is -0.0503. The highest BCUT2D eigenvalue weighted by Crippen LogP contribution is 2.29. The van der Waals surface area contributed by atoms with Gasteiger partial charge in [-0.1, -0.05) is 90.4 Å². The Morgan fingerprint density at radius 2 is 1.08 bits per heavy atom. The molecule has 0 saturated heterocycles. The summed E-state index contributed by atoms with van der Waals surface area (Å²) in [6.07, 6.45) is 15.5. The Morgan fingerprint density at radius 3 is 1.42 bits per heavy atom. The topological polar surface area (TPSA) is 43.4 Å². The van der Waals surface area contributed by atoms with Crippen LogP contribution in [0.5, 0.6) is 0 Å². The van der Waals surface area contributed by atoms with Gasteiger partial charge in [0, 0.05) is 0 Å². The summed E-state index contributed by atoms with van der Waals surface area (Å²) in [4.78, 5) is 0. The Bertz CT molecular complexity index is 451. The fraction of sp³-hybridized carbons (Fsp3) is 1.00. The molecule has 0 radical (unpaired) electrons. The van der Waals surface area contributed by atoms with Crippen LogP contribution in [0.25, 0.3) is 0 Å². The van der Waals surface area contributed by atoms with Crippen molar-refractivity contribution in [2.45, 2.75) is 115 Å². The summed E-state index contributed by atoms with van der Waals surface area (Å²) in [5.74, 6) is 0. The molecule has 0 aliphatic rings. The number of unbranched alkanes of at least 4 members (excludes halogenated alkanes) is 12. The first kappa shape index (κ1) is 25.9. The summed E-state index contributed by atoms with van der Waals surface area (Å²) in [6, 6.07) is 0.431. The lowest BCUT2D eigenvalue weighted by Gasteiger charge is -2.22. The van der Waals surface area contributed by atoms with Gasteiger partial charge in [-0.15, -0.1) is 0 Å².